The van der Waals surface area contributed by atoms with Crippen LogP contribution in [0.1, 0.15) is 31.5 Å². The molecule has 1 fully saturated rings. The minimum absolute atomic E-state index is 0.143. The molecule has 0 bridgehead atoms. The SMILES string of the molecule is CC(=O)N1C[C@H](c2nc(Nc3cccc(F)c3)cc(-c3cccnc3)n2)CC[C@H]1C(F)(F)F. The number of aromatic nitrogens is 3. The zero-order valence-corrected chi connectivity index (χ0v) is 17.7. The quantitative estimate of drug-likeness (QED) is 0.551. The first-order valence-corrected chi connectivity index (χ1v) is 10.4. The number of hydrogen-bond donors (Lipinski definition) is 1. The maximum absolute atomic E-state index is 13.6. The molecule has 6 nitrogen and oxygen atoms in total. The molecule has 1 saturated heterocycles. The van der Waals surface area contributed by atoms with Gasteiger partial charge in [-0.05, 0) is 43.2 Å². The minimum atomic E-state index is -4.50. The van der Waals surface area contributed by atoms with Crippen LogP contribution >= 0.6 is 0 Å². The smallest absolute Gasteiger partial charge is 0.340 e. The van der Waals surface area contributed by atoms with Gasteiger partial charge in [0, 0.05) is 49.1 Å². The van der Waals surface area contributed by atoms with E-state index in [1.165, 1.54) is 12.1 Å². The Balaban J connectivity index is 1.70. The normalized spacial score (nSPS) is 18.8. The molecule has 10 heteroatoms. The van der Waals surface area contributed by atoms with Crippen LogP contribution in [0.4, 0.5) is 29.1 Å². The van der Waals surface area contributed by atoms with Gasteiger partial charge in [-0.2, -0.15) is 13.2 Å². The highest BCUT2D eigenvalue weighted by atomic mass is 19.4. The van der Waals surface area contributed by atoms with Crippen LogP contribution in [0.5, 0.6) is 0 Å². The average Bonchev–Trinajstić information content (AvgIpc) is 2.78. The molecule has 3 heterocycles. The zero-order valence-electron chi connectivity index (χ0n) is 17.7. The van der Waals surface area contributed by atoms with E-state index in [-0.39, 0.29) is 19.4 Å². The summed E-state index contributed by atoms with van der Waals surface area (Å²) in [4.78, 5) is 26.0. The Morgan fingerprint density at radius 2 is 1.94 bits per heavy atom. The van der Waals surface area contributed by atoms with Crippen molar-refractivity contribution in [2.24, 2.45) is 0 Å². The Morgan fingerprint density at radius 1 is 1.12 bits per heavy atom. The number of carbonyl (C=O) groups is 1. The predicted molar refractivity (Wildman–Crippen MR) is 114 cm³/mol. The first-order chi connectivity index (χ1) is 15.7. The molecule has 2 atom stereocenters. The van der Waals surface area contributed by atoms with E-state index in [1.54, 1.807) is 42.7 Å². The second kappa shape index (κ2) is 9.13. The van der Waals surface area contributed by atoms with Crippen molar-refractivity contribution in [2.75, 3.05) is 11.9 Å². The van der Waals surface area contributed by atoms with Crippen LogP contribution in [-0.4, -0.2) is 44.5 Å². The average molecular weight is 459 g/mol. The monoisotopic (exact) mass is 459 g/mol. The molecule has 1 amide bonds. The number of nitrogens with one attached hydrogen (secondary N) is 1. The lowest BCUT2D eigenvalue weighted by atomic mass is 9.91. The van der Waals surface area contributed by atoms with Crippen LogP contribution in [0.2, 0.25) is 0 Å². The number of amides is 1. The van der Waals surface area contributed by atoms with Crippen molar-refractivity contribution < 1.29 is 22.4 Å². The Bertz CT molecular complexity index is 1140. The van der Waals surface area contributed by atoms with Gasteiger partial charge in [0.15, 0.2) is 0 Å². The predicted octanol–water partition coefficient (Wildman–Crippen LogP) is 5.08. The number of likely N-dealkylation sites (tertiary alicyclic amines) is 1. The first-order valence-electron chi connectivity index (χ1n) is 10.4. The van der Waals surface area contributed by atoms with Crippen molar-refractivity contribution >= 4 is 17.4 Å². The lowest BCUT2D eigenvalue weighted by molar-refractivity contribution is -0.196. The van der Waals surface area contributed by atoms with Crippen LogP contribution in [0.15, 0.2) is 54.9 Å². The van der Waals surface area contributed by atoms with Crippen LogP contribution < -0.4 is 5.32 Å². The van der Waals surface area contributed by atoms with E-state index >= 15 is 0 Å². The molecule has 0 saturated carbocycles. The third kappa shape index (κ3) is 5.27. The lowest BCUT2D eigenvalue weighted by Gasteiger charge is -2.39. The number of piperidine rings is 1. The maximum Gasteiger partial charge on any atom is 0.408 e. The molecule has 1 aromatic carbocycles. The Hall–Kier alpha value is -3.56. The van der Waals surface area contributed by atoms with Gasteiger partial charge in [0.05, 0.1) is 5.69 Å². The zero-order chi connectivity index (χ0) is 23.6. The van der Waals surface area contributed by atoms with E-state index in [2.05, 4.69) is 20.3 Å². The number of halogens is 4. The van der Waals surface area contributed by atoms with Gasteiger partial charge in [0.1, 0.15) is 23.5 Å². The van der Waals surface area contributed by atoms with E-state index in [0.717, 1.165) is 11.8 Å². The van der Waals surface area contributed by atoms with Crippen molar-refractivity contribution in [2.45, 2.75) is 37.9 Å². The Kier molecular flexibility index (Phi) is 6.26. The molecule has 2 aromatic heterocycles. The number of alkyl halides is 3. The molecule has 1 aliphatic rings. The second-order valence-electron chi connectivity index (χ2n) is 7.88. The summed E-state index contributed by atoms with van der Waals surface area (Å²) >= 11 is 0. The van der Waals surface area contributed by atoms with Gasteiger partial charge in [-0.15, -0.1) is 0 Å². The Labute approximate surface area is 187 Å². The molecule has 0 unspecified atom stereocenters. The first kappa shape index (κ1) is 22.6. The van der Waals surface area contributed by atoms with E-state index in [4.69, 9.17) is 0 Å². The fraction of sp³-hybridized carbons (Fsp3) is 0.304. The molecule has 1 N–H and O–H groups in total. The van der Waals surface area contributed by atoms with Gasteiger partial charge in [-0.1, -0.05) is 6.07 Å². The van der Waals surface area contributed by atoms with Crippen LogP contribution in [0, 0.1) is 5.82 Å². The topological polar surface area (TPSA) is 71.0 Å². The summed E-state index contributed by atoms with van der Waals surface area (Å²) in [7, 11) is 0. The minimum Gasteiger partial charge on any atom is -0.340 e. The van der Waals surface area contributed by atoms with Gasteiger partial charge < -0.3 is 10.2 Å². The van der Waals surface area contributed by atoms with Crippen LogP contribution in [0.3, 0.4) is 0 Å². The number of rotatable bonds is 4. The van der Waals surface area contributed by atoms with Gasteiger partial charge in [0.2, 0.25) is 5.91 Å². The van der Waals surface area contributed by atoms with Gasteiger partial charge in [0.25, 0.3) is 0 Å². The van der Waals surface area contributed by atoms with Crippen LogP contribution in [-0.2, 0) is 4.79 Å². The molecule has 0 radical (unpaired) electrons. The van der Waals surface area contributed by atoms with Crippen molar-refractivity contribution in [3.8, 4) is 11.3 Å². The third-order valence-electron chi connectivity index (χ3n) is 5.53. The van der Waals surface area contributed by atoms with Gasteiger partial charge >= 0.3 is 6.18 Å². The molecule has 0 aliphatic carbocycles. The van der Waals surface area contributed by atoms with Crippen molar-refractivity contribution in [3.63, 3.8) is 0 Å². The maximum atomic E-state index is 13.6. The number of anilines is 2. The lowest BCUT2D eigenvalue weighted by Crippen LogP contribution is -2.52. The number of benzene rings is 1. The molecule has 1 aliphatic heterocycles. The Morgan fingerprint density at radius 3 is 2.61 bits per heavy atom. The highest BCUT2D eigenvalue weighted by Gasteiger charge is 2.47. The highest BCUT2D eigenvalue weighted by Crippen LogP contribution is 2.37. The molecule has 33 heavy (non-hydrogen) atoms. The third-order valence-corrected chi connectivity index (χ3v) is 5.53. The van der Waals surface area contributed by atoms with Crippen molar-refractivity contribution in [3.05, 3.63) is 66.5 Å². The second-order valence-corrected chi connectivity index (χ2v) is 7.88. The van der Waals surface area contributed by atoms with E-state index < -0.39 is 29.9 Å². The fourth-order valence-corrected chi connectivity index (χ4v) is 3.96. The highest BCUT2D eigenvalue weighted by molar-refractivity contribution is 5.74. The van der Waals surface area contributed by atoms with Crippen LogP contribution in [0.25, 0.3) is 11.3 Å². The molecule has 172 valence electrons. The fourth-order valence-electron chi connectivity index (χ4n) is 3.96. The molecular formula is C23H21F4N5O. The van der Waals surface area contributed by atoms with Crippen molar-refractivity contribution in [1.82, 2.24) is 19.9 Å². The number of pyridine rings is 1. The van der Waals surface area contributed by atoms with E-state index in [0.29, 0.717) is 28.6 Å². The van der Waals surface area contributed by atoms with Crippen molar-refractivity contribution in [1.29, 1.82) is 0 Å². The molecule has 4 rings (SSSR count). The van der Waals surface area contributed by atoms with E-state index in [1.807, 2.05) is 0 Å². The molecule has 3 aromatic rings. The molecular weight excluding hydrogens is 438 g/mol. The summed E-state index contributed by atoms with van der Waals surface area (Å²) in [6, 6.07) is 9.21. The number of hydrogen-bond acceptors (Lipinski definition) is 5. The largest absolute Gasteiger partial charge is 0.408 e. The van der Waals surface area contributed by atoms with E-state index in [9.17, 15) is 22.4 Å². The molecule has 0 spiro atoms. The summed E-state index contributed by atoms with van der Waals surface area (Å²) < 4.78 is 53.9. The number of carbonyl (C=O) groups excluding carboxylic acids is 1. The van der Waals surface area contributed by atoms with Gasteiger partial charge in [-0.25, -0.2) is 14.4 Å². The standard InChI is InChI=1S/C23H21F4N5O/c1-14(33)32-13-16(7-8-20(32)23(25,26)27)22-30-19(15-4-3-9-28-12-15)11-21(31-22)29-18-6-2-5-17(24)10-18/h2-6,9-12,16,20H,7-8,13H2,1H3,(H,29,30,31)/t16-,20+/m1/s1. The summed E-state index contributed by atoms with van der Waals surface area (Å²) in [5.41, 5.74) is 1.66. The summed E-state index contributed by atoms with van der Waals surface area (Å²) in [5.74, 6) is -0.899. The summed E-state index contributed by atoms with van der Waals surface area (Å²) in [5, 5.41) is 3.03. The van der Waals surface area contributed by atoms with Gasteiger partial charge in [-0.3, -0.25) is 9.78 Å². The summed E-state index contributed by atoms with van der Waals surface area (Å²) in [6.07, 6.45) is -1.34. The number of nitrogens with zero attached hydrogens (tertiary/aromatic N) is 4. The summed E-state index contributed by atoms with van der Waals surface area (Å²) in [6.45, 7) is 0.986.